The zero-order valence-electron chi connectivity index (χ0n) is 15.8. The van der Waals surface area contributed by atoms with Crippen LogP contribution in [0.25, 0.3) is 0 Å². The van der Waals surface area contributed by atoms with E-state index in [2.05, 4.69) is 0 Å². The molecule has 6 nitrogen and oxygen atoms in total. The molecule has 3 aromatic rings. The maximum absolute atomic E-state index is 11.1. The summed E-state index contributed by atoms with van der Waals surface area (Å²) in [5.74, 6) is -0.391. The number of ether oxygens (including phenoxy) is 2. The summed E-state index contributed by atoms with van der Waals surface area (Å²) in [7, 11) is 0. The topological polar surface area (TPSA) is 102 Å². The van der Waals surface area contributed by atoms with Crippen LogP contribution in [0.5, 0.6) is 11.5 Å². The highest BCUT2D eigenvalue weighted by Crippen LogP contribution is 2.32. The number of carbonyl (C=O) groups is 1. The van der Waals surface area contributed by atoms with Crippen LogP contribution in [0.2, 0.25) is 0 Å². The third-order valence-corrected chi connectivity index (χ3v) is 4.41. The van der Waals surface area contributed by atoms with Gasteiger partial charge in [0, 0.05) is 0 Å². The van der Waals surface area contributed by atoms with E-state index in [1.165, 1.54) is 0 Å². The van der Waals surface area contributed by atoms with Crippen LogP contribution in [-0.4, -0.2) is 22.2 Å². The monoisotopic (exact) mass is 393 g/mol. The van der Waals surface area contributed by atoms with Gasteiger partial charge in [0.25, 0.3) is 0 Å². The lowest BCUT2D eigenvalue weighted by molar-refractivity contribution is -0.141. The number of hydrogen-bond donors (Lipinski definition) is 3. The molecular weight excluding hydrogens is 370 g/mol. The number of carboxylic acids is 1. The summed E-state index contributed by atoms with van der Waals surface area (Å²) in [4.78, 5) is 11.1. The molecule has 0 saturated carbocycles. The van der Waals surface area contributed by atoms with E-state index >= 15 is 0 Å². The fraction of sp³-hybridized carbons (Fsp3) is 0.174. The van der Waals surface area contributed by atoms with Crippen molar-refractivity contribution >= 4 is 5.97 Å². The largest absolute Gasteiger partial charge is 0.485 e. The zero-order chi connectivity index (χ0) is 20.6. The standard InChI is InChI=1S/C23H23NO5/c24-21(23(26)27)22(25)18-11-12-19(28-14-16-7-3-1-4-8-16)20(13-18)29-15-17-9-5-2-6-10-17/h1-13,21-22,25H,14-15,24H2,(H,26,27)/t21-,22?/m0/s1. The summed E-state index contributed by atoms with van der Waals surface area (Å²) in [5.41, 5.74) is 7.87. The summed E-state index contributed by atoms with van der Waals surface area (Å²) in [5, 5.41) is 19.3. The maximum atomic E-state index is 11.1. The molecular formula is C23H23NO5. The Hall–Kier alpha value is -3.35. The highest BCUT2D eigenvalue weighted by Gasteiger charge is 2.24. The van der Waals surface area contributed by atoms with Crippen LogP contribution >= 0.6 is 0 Å². The Morgan fingerprint density at radius 2 is 1.34 bits per heavy atom. The molecule has 0 aliphatic rings. The first-order chi connectivity index (χ1) is 14.0. The number of hydrogen-bond acceptors (Lipinski definition) is 5. The molecule has 0 aromatic heterocycles. The molecule has 0 radical (unpaired) electrons. The van der Waals surface area contributed by atoms with Crippen molar-refractivity contribution in [3.8, 4) is 11.5 Å². The molecule has 2 atom stereocenters. The minimum Gasteiger partial charge on any atom is -0.485 e. The number of benzene rings is 3. The van der Waals surface area contributed by atoms with Gasteiger partial charge in [-0.2, -0.15) is 0 Å². The Morgan fingerprint density at radius 1 is 0.828 bits per heavy atom. The SMILES string of the molecule is N[C@H](C(=O)O)C(O)c1ccc(OCc2ccccc2)c(OCc2ccccc2)c1. The van der Waals surface area contributed by atoms with Crippen LogP contribution in [0.15, 0.2) is 78.9 Å². The van der Waals surface area contributed by atoms with Gasteiger partial charge in [-0.05, 0) is 28.8 Å². The average Bonchev–Trinajstić information content (AvgIpc) is 2.76. The second-order valence-electron chi connectivity index (χ2n) is 6.56. The van der Waals surface area contributed by atoms with E-state index in [1.807, 2.05) is 60.7 Å². The molecule has 0 saturated heterocycles. The van der Waals surface area contributed by atoms with Crippen molar-refractivity contribution in [2.75, 3.05) is 0 Å². The smallest absolute Gasteiger partial charge is 0.323 e. The first kappa shape index (κ1) is 20.4. The Kier molecular flexibility index (Phi) is 6.84. The van der Waals surface area contributed by atoms with Crippen molar-refractivity contribution in [3.05, 3.63) is 95.6 Å². The van der Waals surface area contributed by atoms with Gasteiger partial charge in [0.2, 0.25) is 0 Å². The Bertz CT molecular complexity index is 931. The normalized spacial score (nSPS) is 12.8. The minimum atomic E-state index is -1.44. The fourth-order valence-corrected chi connectivity index (χ4v) is 2.75. The fourth-order valence-electron chi connectivity index (χ4n) is 2.75. The molecule has 29 heavy (non-hydrogen) atoms. The lowest BCUT2D eigenvalue weighted by Gasteiger charge is -2.18. The zero-order valence-corrected chi connectivity index (χ0v) is 15.8. The van der Waals surface area contributed by atoms with Crippen molar-refractivity contribution in [1.82, 2.24) is 0 Å². The number of rotatable bonds is 9. The Balaban J connectivity index is 1.82. The Labute approximate surface area is 169 Å². The molecule has 0 heterocycles. The molecule has 0 bridgehead atoms. The van der Waals surface area contributed by atoms with Crippen LogP contribution in [0, 0.1) is 0 Å². The van der Waals surface area contributed by atoms with Crippen molar-refractivity contribution in [2.24, 2.45) is 5.73 Å². The van der Waals surface area contributed by atoms with E-state index in [1.54, 1.807) is 18.2 Å². The van der Waals surface area contributed by atoms with Gasteiger partial charge in [-0.15, -0.1) is 0 Å². The molecule has 1 unspecified atom stereocenters. The van der Waals surface area contributed by atoms with Gasteiger partial charge in [0.1, 0.15) is 25.4 Å². The molecule has 0 aliphatic carbocycles. The highest BCUT2D eigenvalue weighted by molar-refractivity contribution is 5.74. The first-order valence-electron chi connectivity index (χ1n) is 9.18. The van der Waals surface area contributed by atoms with Gasteiger partial charge < -0.3 is 25.4 Å². The average molecular weight is 393 g/mol. The van der Waals surface area contributed by atoms with Gasteiger partial charge >= 0.3 is 5.97 Å². The second-order valence-corrected chi connectivity index (χ2v) is 6.56. The van der Waals surface area contributed by atoms with Crippen LogP contribution < -0.4 is 15.2 Å². The predicted octanol–water partition coefficient (Wildman–Crippen LogP) is 3.29. The van der Waals surface area contributed by atoms with E-state index in [9.17, 15) is 9.90 Å². The molecule has 6 heteroatoms. The van der Waals surface area contributed by atoms with E-state index in [0.29, 0.717) is 30.3 Å². The lowest BCUT2D eigenvalue weighted by atomic mass is 10.0. The van der Waals surface area contributed by atoms with Gasteiger partial charge in [-0.1, -0.05) is 66.7 Å². The molecule has 0 spiro atoms. The highest BCUT2D eigenvalue weighted by atomic mass is 16.5. The third kappa shape index (κ3) is 5.57. The minimum absolute atomic E-state index is 0.299. The van der Waals surface area contributed by atoms with Crippen LogP contribution in [0.3, 0.4) is 0 Å². The first-order valence-corrected chi connectivity index (χ1v) is 9.18. The summed E-state index contributed by atoms with van der Waals surface area (Å²) in [6, 6.07) is 22.7. The number of aliphatic carboxylic acids is 1. The predicted molar refractivity (Wildman–Crippen MR) is 109 cm³/mol. The van der Waals surface area contributed by atoms with Crippen molar-refractivity contribution in [3.63, 3.8) is 0 Å². The summed E-state index contributed by atoms with van der Waals surface area (Å²) in [6.07, 6.45) is -1.37. The molecule has 0 fully saturated rings. The lowest BCUT2D eigenvalue weighted by Crippen LogP contribution is -2.36. The van der Waals surface area contributed by atoms with Gasteiger partial charge in [0.15, 0.2) is 11.5 Å². The maximum Gasteiger partial charge on any atom is 0.323 e. The van der Waals surface area contributed by atoms with Crippen molar-refractivity contribution in [2.45, 2.75) is 25.4 Å². The van der Waals surface area contributed by atoms with E-state index in [-0.39, 0.29) is 0 Å². The summed E-state index contributed by atoms with van der Waals surface area (Å²) < 4.78 is 11.8. The number of carboxylic acid groups (broad SMARTS) is 1. The number of nitrogens with two attached hydrogens (primary N) is 1. The van der Waals surface area contributed by atoms with E-state index in [4.69, 9.17) is 20.3 Å². The van der Waals surface area contributed by atoms with Crippen LogP contribution in [-0.2, 0) is 18.0 Å². The molecule has 150 valence electrons. The van der Waals surface area contributed by atoms with Crippen molar-refractivity contribution in [1.29, 1.82) is 0 Å². The third-order valence-electron chi connectivity index (χ3n) is 4.41. The summed E-state index contributed by atoms with van der Waals surface area (Å²) >= 11 is 0. The van der Waals surface area contributed by atoms with Gasteiger partial charge in [-0.25, -0.2) is 0 Å². The molecule has 0 amide bonds. The van der Waals surface area contributed by atoms with Crippen molar-refractivity contribution < 1.29 is 24.5 Å². The second kappa shape index (κ2) is 9.73. The van der Waals surface area contributed by atoms with E-state index in [0.717, 1.165) is 11.1 Å². The molecule has 3 rings (SSSR count). The van der Waals surface area contributed by atoms with Gasteiger partial charge in [0.05, 0.1) is 0 Å². The van der Waals surface area contributed by atoms with Crippen LogP contribution in [0.4, 0.5) is 0 Å². The Morgan fingerprint density at radius 3 is 1.86 bits per heavy atom. The number of aliphatic hydroxyl groups excluding tert-OH is 1. The van der Waals surface area contributed by atoms with Crippen LogP contribution in [0.1, 0.15) is 22.8 Å². The van der Waals surface area contributed by atoms with Gasteiger partial charge in [-0.3, -0.25) is 4.79 Å². The molecule has 4 N–H and O–H groups in total. The molecule has 3 aromatic carbocycles. The van der Waals surface area contributed by atoms with E-state index < -0.39 is 18.1 Å². The quantitative estimate of drug-likeness (QED) is 0.516. The molecule has 0 aliphatic heterocycles. The number of aliphatic hydroxyl groups is 1. The summed E-state index contributed by atoms with van der Waals surface area (Å²) in [6.45, 7) is 0.645.